The van der Waals surface area contributed by atoms with E-state index in [9.17, 15) is 32.3 Å². The van der Waals surface area contributed by atoms with E-state index in [2.05, 4.69) is 0 Å². The maximum absolute atomic E-state index is 13.4. The molecule has 2 aliphatic heterocycles. The number of carbonyl (C=O) groups excluding carboxylic acids is 1. The number of likely N-dealkylation sites (tertiary alicyclic amines) is 1. The third-order valence-electron chi connectivity index (χ3n) is 5.66. The molecule has 3 rings (SSSR count). The number of carboxylic acid groups (broad SMARTS) is 1. The van der Waals surface area contributed by atoms with Crippen LogP contribution in [0.5, 0.6) is 0 Å². The first-order chi connectivity index (χ1) is 12.6. The van der Waals surface area contributed by atoms with Crippen LogP contribution in [0.25, 0.3) is 0 Å². The minimum atomic E-state index is -4.97. The van der Waals surface area contributed by atoms with E-state index >= 15 is 0 Å². The van der Waals surface area contributed by atoms with Crippen LogP contribution in [0.2, 0.25) is 0 Å². The quantitative estimate of drug-likeness (QED) is 0.808. The SMILES string of the molecule is O=C(N1CCC(C(=O)O)(C(F)(F)F)C1)C1(c2ccc(F)cc2)CCOCC1. The molecule has 1 atom stereocenters. The highest BCUT2D eigenvalue weighted by molar-refractivity contribution is 5.90. The Kier molecular flexibility index (Phi) is 4.92. The zero-order valence-electron chi connectivity index (χ0n) is 14.4. The number of nitrogens with zero attached hydrogens (tertiary/aromatic N) is 1. The molecule has 1 aromatic rings. The van der Waals surface area contributed by atoms with Crippen molar-refractivity contribution in [3.05, 3.63) is 35.6 Å². The summed E-state index contributed by atoms with van der Waals surface area (Å²) >= 11 is 0. The second-order valence-corrected chi connectivity index (χ2v) is 7.06. The molecule has 0 bridgehead atoms. The van der Waals surface area contributed by atoms with Crippen molar-refractivity contribution in [3.63, 3.8) is 0 Å². The Morgan fingerprint density at radius 3 is 2.15 bits per heavy atom. The Balaban J connectivity index is 1.94. The minimum absolute atomic E-state index is 0.236. The minimum Gasteiger partial charge on any atom is -0.481 e. The van der Waals surface area contributed by atoms with Gasteiger partial charge in [0.15, 0.2) is 5.41 Å². The number of rotatable bonds is 3. The van der Waals surface area contributed by atoms with Crippen LogP contribution in [0, 0.1) is 11.2 Å². The van der Waals surface area contributed by atoms with E-state index in [4.69, 9.17) is 4.74 Å². The Labute approximate surface area is 152 Å². The summed E-state index contributed by atoms with van der Waals surface area (Å²) in [4.78, 5) is 25.6. The number of halogens is 4. The number of hydrogen-bond donors (Lipinski definition) is 1. The molecule has 2 saturated heterocycles. The fourth-order valence-corrected chi connectivity index (χ4v) is 3.93. The summed E-state index contributed by atoms with van der Waals surface area (Å²) in [6, 6.07) is 5.29. The summed E-state index contributed by atoms with van der Waals surface area (Å²) in [5, 5.41) is 9.20. The van der Waals surface area contributed by atoms with Crippen molar-refractivity contribution in [1.82, 2.24) is 4.90 Å². The molecule has 0 spiro atoms. The second-order valence-electron chi connectivity index (χ2n) is 7.06. The Morgan fingerprint density at radius 1 is 1.07 bits per heavy atom. The molecule has 2 heterocycles. The highest BCUT2D eigenvalue weighted by atomic mass is 19.4. The number of alkyl halides is 3. The van der Waals surface area contributed by atoms with Crippen LogP contribution in [-0.2, 0) is 19.7 Å². The molecule has 27 heavy (non-hydrogen) atoms. The van der Waals surface area contributed by atoms with Crippen LogP contribution in [0.15, 0.2) is 24.3 Å². The van der Waals surface area contributed by atoms with E-state index in [-0.39, 0.29) is 32.6 Å². The van der Waals surface area contributed by atoms with Gasteiger partial charge in [-0.25, -0.2) is 4.39 Å². The molecule has 1 N–H and O–H groups in total. The monoisotopic (exact) mass is 389 g/mol. The number of hydrogen-bond acceptors (Lipinski definition) is 3. The largest absolute Gasteiger partial charge is 0.481 e. The maximum Gasteiger partial charge on any atom is 0.406 e. The van der Waals surface area contributed by atoms with Crippen molar-refractivity contribution in [2.24, 2.45) is 5.41 Å². The van der Waals surface area contributed by atoms with E-state index in [0.717, 1.165) is 4.90 Å². The lowest BCUT2D eigenvalue weighted by Crippen LogP contribution is -2.52. The first-order valence-electron chi connectivity index (χ1n) is 8.56. The highest BCUT2D eigenvalue weighted by Crippen LogP contribution is 2.47. The van der Waals surface area contributed by atoms with Crippen LogP contribution in [0.3, 0.4) is 0 Å². The average molecular weight is 389 g/mol. The summed E-state index contributed by atoms with van der Waals surface area (Å²) < 4.78 is 58.9. The fourth-order valence-electron chi connectivity index (χ4n) is 3.93. The summed E-state index contributed by atoms with van der Waals surface area (Å²) in [6.07, 6.45) is -5.18. The van der Waals surface area contributed by atoms with E-state index in [1.165, 1.54) is 24.3 Å². The first-order valence-corrected chi connectivity index (χ1v) is 8.56. The standard InChI is InChI=1S/C18H19F4NO4/c19-13-3-1-12(2-4-13)16(6-9-27-10-7-16)14(24)23-8-5-17(11-23,15(25)26)18(20,21)22/h1-4H,5-11H2,(H,25,26). The Morgan fingerprint density at radius 2 is 1.67 bits per heavy atom. The van der Waals surface area contributed by atoms with Gasteiger partial charge in [0, 0.05) is 26.3 Å². The number of ether oxygens (including phenoxy) is 1. The number of amides is 1. The summed E-state index contributed by atoms with van der Waals surface area (Å²) in [7, 11) is 0. The smallest absolute Gasteiger partial charge is 0.406 e. The van der Waals surface area contributed by atoms with Gasteiger partial charge in [-0.15, -0.1) is 0 Å². The molecular formula is C18H19F4NO4. The molecule has 0 aliphatic carbocycles. The molecule has 148 valence electrons. The van der Waals surface area contributed by atoms with Gasteiger partial charge < -0.3 is 14.7 Å². The van der Waals surface area contributed by atoms with Gasteiger partial charge in [-0.1, -0.05) is 12.1 Å². The van der Waals surface area contributed by atoms with Crippen molar-refractivity contribution in [2.45, 2.75) is 30.9 Å². The molecule has 5 nitrogen and oxygen atoms in total. The van der Waals surface area contributed by atoms with E-state index in [0.29, 0.717) is 5.56 Å². The fraction of sp³-hybridized carbons (Fsp3) is 0.556. The van der Waals surface area contributed by atoms with E-state index in [1.54, 1.807) is 0 Å². The summed E-state index contributed by atoms with van der Waals surface area (Å²) in [5.41, 5.74) is -3.61. The first kappa shape index (κ1) is 19.6. The normalized spacial score (nSPS) is 25.4. The number of benzene rings is 1. The van der Waals surface area contributed by atoms with Crippen molar-refractivity contribution in [1.29, 1.82) is 0 Å². The van der Waals surface area contributed by atoms with Crippen LogP contribution in [0.4, 0.5) is 17.6 Å². The van der Waals surface area contributed by atoms with Gasteiger partial charge in [0.2, 0.25) is 5.91 Å². The van der Waals surface area contributed by atoms with Crippen molar-refractivity contribution < 1.29 is 37.0 Å². The van der Waals surface area contributed by atoms with Gasteiger partial charge in [-0.05, 0) is 37.0 Å². The third-order valence-corrected chi connectivity index (χ3v) is 5.66. The van der Waals surface area contributed by atoms with Gasteiger partial charge >= 0.3 is 12.1 Å². The van der Waals surface area contributed by atoms with Crippen molar-refractivity contribution in [3.8, 4) is 0 Å². The predicted molar refractivity (Wildman–Crippen MR) is 85.5 cm³/mol. The highest BCUT2D eigenvalue weighted by Gasteiger charge is 2.65. The Bertz CT molecular complexity index is 728. The summed E-state index contributed by atoms with van der Waals surface area (Å²) in [5.74, 6) is -3.03. The molecule has 0 saturated carbocycles. The molecule has 9 heteroatoms. The number of carbonyl (C=O) groups is 2. The van der Waals surface area contributed by atoms with E-state index < -0.39 is 47.7 Å². The van der Waals surface area contributed by atoms with Crippen molar-refractivity contribution >= 4 is 11.9 Å². The van der Waals surface area contributed by atoms with Gasteiger partial charge in [0.1, 0.15) is 5.82 Å². The molecule has 2 fully saturated rings. The van der Waals surface area contributed by atoms with Crippen LogP contribution >= 0.6 is 0 Å². The van der Waals surface area contributed by atoms with Gasteiger partial charge in [-0.3, -0.25) is 9.59 Å². The number of carboxylic acids is 1. The maximum atomic E-state index is 13.4. The van der Waals surface area contributed by atoms with Gasteiger partial charge in [-0.2, -0.15) is 13.2 Å². The molecule has 1 unspecified atom stereocenters. The Hall–Kier alpha value is -2.16. The molecule has 1 amide bonds. The zero-order chi connectivity index (χ0) is 19.9. The predicted octanol–water partition coefficient (Wildman–Crippen LogP) is 2.74. The lowest BCUT2D eigenvalue weighted by molar-refractivity contribution is -0.227. The second kappa shape index (κ2) is 6.78. The van der Waals surface area contributed by atoms with Gasteiger partial charge in [0.25, 0.3) is 0 Å². The topological polar surface area (TPSA) is 66.8 Å². The zero-order valence-corrected chi connectivity index (χ0v) is 14.4. The molecule has 0 radical (unpaired) electrons. The van der Waals surface area contributed by atoms with Gasteiger partial charge in [0.05, 0.1) is 5.41 Å². The lowest BCUT2D eigenvalue weighted by Gasteiger charge is -2.39. The summed E-state index contributed by atoms with van der Waals surface area (Å²) in [6.45, 7) is -0.747. The van der Waals surface area contributed by atoms with E-state index in [1.807, 2.05) is 0 Å². The molecule has 0 aromatic heterocycles. The molecular weight excluding hydrogens is 370 g/mol. The third kappa shape index (κ3) is 3.18. The average Bonchev–Trinajstić information content (AvgIpc) is 3.09. The lowest BCUT2D eigenvalue weighted by atomic mass is 9.73. The van der Waals surface area contributed by atoms with Crippen LogP contribution in [0.1, 0.15) is 24.8 Å². The van der Waals surface area contributed by atoms with Crippen LogP contribution < -0.4 is 0 Å². The number of aliphatic carboxylic acids is 1. The van der Waals surface area contributed by atoms with Crippen molar-refractivity contribution in [2.75, 3.05) is 26.3 Å². The molecule has 2 aliphatic rings. The van der Waals surface area contributed by atoms with Crippen LogP contribution in [-0.4, -0.2) is 54.4 Å². The molecule has 1 aromatic carbocycles.